The molecule has 0 bridgehead atoms. The van der Waals surface area contributed by atoms with Crippen LogP contribution in [0.1, 0.15) is 6.42 Å². The number of fused-ring (bicyclic) bond motifs is 1. The van der Waals surface area contributed by atoms with E-state index in [1.807, 2.05) is 18.2 Å². The first-order chi connectivity index (χ1) is 8.24. The minimum absolute atomic E-state index is 0.586. The summed E-state index contributed by atoms with van der Waals surface area (Å²) in [6.07, 6.45) is 10.3. The van der Waals surface area contributed by atoms with E-state index in [0.717, 1.165) is 16.9 Å². The maximum absolute atomic E-state index is 10.8. The number of carboxylic acid groups (broad SMARTS) is 1. The lowest BCUT2D eigenvalue weighted by molar-refractivity contribution is -0.145. The molecule has 0 radical (unpaired) electrons. The first-order valence-corrected chi connectivity index (χ1v) is 5.29. The van der Waals surface area contributed by atoms with Crippen LogP contribution in [-0.4, -0.2) is 17.2 Å². The van der Waals surface area contributed by atoms with Crippen LogP contribution in [0.15, 0.2) is 59.3 Å². The van der Waals surface area contributed by atoms with Crippen molar-refractivity contribution in [3.05, 3.63) is 59.3 Å². The zero-order valence-corrected chi connectivity index (χ0v) is 8.92. The fourth-order valence-corrected chi connectivity index (χ4v) is 1.97. The van der Waals surface area contributed by atoms with Crippen molar-refractivity contribution >= 4 is 5.97 Å². The minimum Gasteiger partial charge on any atom is -0.478 e. The van der Waals surface area contributed by atoms with Gasteiger partial charge in [-0.2, -0.15) is 0 Å². The van der Waals surface area contributed by atoms with E-state index in [-0.39, 0.29) is 0 Å². The Kier molecular flexibility index (Phi) is 2.14. The average Bonchev–Trinajstić information content (AvgIpc) is 2.35. The molecule has 0 saturated carbocycles. The van der Waals surface area contributed by atoms with Gasteiger partial charge in [0.1, 0.15) is 11.5 Å². The van der Waals surface area contributed by atoms with E-state index in [4.69, 9.17) is 14.6 Å². The van der Waals surface area contributed by atoms with Crippen molar-refractivity contribution in [3.63, 3.8) is 0 Å². The highest BCUT2D eigenvalue weighted by atomic mass is 16.5. The quantitative estimate of drug-likeness (QED) is 0.748. The largest absolute Gasteiger partial charge is 0.478 e. The Hall–Kier alpha value is -2.23. The van der Waals surface area contributed by atoms with Gasteiger partial charge in [-0.15, -0.1) is 0 Å². The fourth-order valence-electron chi connectivity index (χ4n) is 1.97. The van der Waals surface area contributed by atoms with Crippen molar-refractivity contribution in [1.82, 2.24) is 0 Å². The second-order valence-corrected chi connectivity index (χ2v) is 3.95. The van der Waals surface area contributed by atoms with Crippen LogP contribution in [0.25, 0.3) is 0 Å². The van der Waals surface area contributed by atoms with Crippen molar-refractivity contribution in [2.24, 2.45) is 0 Å². The highest BCUT2D eigenvalue weighted by Crippen LogP contribution is 2.35. The van der Waals surface area contributed by atoms with E-state index < -0.39 is 12.1 Å². The van der Waals surface area contributed by atoms with Crippen LogP contribution in [0.5, 0.6) is 0 Å². The second-order valence-electron chi connectivity index (χ2n) is 3.95. The number of ether oxygens (including phenoxy) is 2. The number of allylic oxidation sites excluding steroid dienone is 6. The Balaban J connectivity index is 1.92. The Morgan fingerprint density at radius 2 is 2.35 bits per heavy atom. The van der Waals surface area contributed by atoms with Crippen LogP contribution in [0.2, 0.25) is 0 Å². The number of carboxylic acids is 1. The molecule has 1 atom stereocenters. The fraction of sp³-hybridized carbons (Fsp3) is 0.154. The van der Waals surface area contributed by atoms with Gasteiger partial charge in [-0.25, -0.2) is 4.79 Å². The van der Waals surface area contributed by atoms with E-state index in [1.54, 1.807) is 18.4 Å². The third-order valence-electron chi connectivity index (χ3n) is 2.82. The average molecular weight is 230 g/mol. The molecule has 1 N–H and O–H groups in total. The molecule has 0 amide bonds. The lowest BCUT2D eigenvalue weighted by Crippen LogP contribution is -2.24. The van der Waals surface area contributed by atoms with Crippen molar-refractivity contribution in [3.8, 4) is 0 Å². The van der Waals surface area contributed by atoms with Crippen molar-refractivity contribution in [2.45, 2.75) is 12.5 Å². The second kappa shape index (κ2) is 3.66. The Morgan fingerprint density at radius 3 is 3.18 bits per heavy atom. The summed E-state index contributed by atoms with van der Waals surface area (Å²) in [5, 5.41) is 8.89. The summed E-state index contributed by atoms with van der Waals surface area (Å²) < 4.78 is 10.7. The molecular formula is C13H10O4. The number of hydrogen-bond donors (Lipinski definition) is 1. The standard InChI is InChI=1S/C13H10O4/c14-13(15)10-4-3-9-6-8-2-1-5-16-11(8)7-12(9)17-10/h1-5,7,10H,6H2,(H,14,15). The third kappa shape index (κ3) is 1.67. The van der Waals surface area contributed by atoms with Crippen LogP contribution >= 0.6 is 0 Å². The highest BCUT2D eigenvalue weighted by molar-refractivity contribution is 5.75. The molecule has 0 aromatic rings. The summed E-state index contributed by atoms with van der Waals surface area (Å²) >= 11 is 0. The van der Waals surface area contributed by atoms with Crippen molar-refractivity contribution in [1.29, 1.82) is 0 Å². The third-order valence-corrected chi connectivity index (χ3v) is 2.82. The number of hydrogen-bond acceptors (Lipinski definition) is 3. The Labute approximate surface area is 97.8 Å². The number of aliphatic carboxylic acids is 1. The molecule has 3 aliphatic rings. The molecule has 1 aliphatic carbocycles. The minimum atomic E-state index is -0.989. The summed E-state index contributed by atoms with van der Waals surface area (Å²) in [6, 6.07) is 0. The van der Waals surface area contributed by atoms with E-state index >= 15 is 0 Å². The van der Waals surface area contributed by atoms with E-state index in [1.165, 1.54) is 0 Å². The molecule has 17 heavy (non-hydrogen) atoms. The Bertz CT molecular complexity index is 532. The molecule has 4 heteroatoms. The van der Waals surface area contributed by atoms with E-state index in [2.05, 4.69) is 0 Å². The van der Waals surface area contributed by atoms with Crippen LogP contribution < -0.4 is 0 Å². The molecule has 0 aromatic carbocycles. The first kappa shape index (κ1) is 9.96. The van der Waals surface area contributed by atoms with Gasteiger partial charge in [0.2, 0.25) is 6.10 Å². The molecule has 2 aliphatic heterocycles. The monoisotopic (exact) mass is 230 g/mol. The van der Waals surface area contributed by atoms with Gasteiger partial charge in [0.05, 0.1) is 6.26 Å². The van der Waals surface area contributed by atoms with Crippen molar-refractivity contribution in [2.75, 3.05) is 0 Å². The summed E-state index contributed by atoms with van der Waals surface area (Å²) in [4.78, 5) is 10.8. The number of carbonyl (C=O) groups is 1. The summed E-state index contributed by atoms with van der Waals surface area (Å²) in [6.45, 7) is 0. The van der Waals surface area contributed by atoms with E-state index in [0.29, 0.717) is 12.2 Å². The topological polar surface area (TPSA) is 55.8 Å². The summed E-state index contributed by atoms with van der Waals surface area (Å²) in [7, 11) is 0. The molecule has 0 spiro atoms. The smallest absolute Gasteiger partial charge is 0.349 e. The molecule has 0 saturated heterocycles. The maximum atomic E-state index is 10.8. The molecule has 0 aromatic heterocycles. The van der Waals surface area contributed by atoms with Crippen LogP contribution in [0.4, 0.5) is 0 Å². The molecule has 1 unspecified atom stereocenters. The van der Waals surface area contributed by atoms with Gasteiger partial charge in [-0.3, -0.25) is 0 Å². The maximum Gasteiger partial charge on any atom is 0.349 e. The lowest BCUT2D eigenvalue weighted by Gasteiger charge is -2.26. The van der Waals surface area contributed by atoms with Gasteiger partial charge >= 0.3 is 5.97 Å². The Morgan fingerprint density at radius 1 is 1.47 bits per heavy atom. The van der Waals surface area contributed by atoms with Gasteiger partial charge in [0.15, 0.2) is 0 Å². The summed E-state index contributed by atoms with van der Waals surface area (Å²) in [5.74, 6) is 0.324. The van der Waals surface area contributed by atoms with Gasteiger partial charge in [0.25, 0.3) is 0 Å². The summed E-state index contributed by atoms with van der Waals surface area (Å²) in [5.41, 5.74) is 2.06. The van der Waals surface area contributed by atoms with Crippen LogP contribution in [0, 0.1) is 0 Å². The molecule has 3 rings (SSSR count). The van der Waals surface area contributed by atoms with Crippen LogP contribution in [-0.2, 0) is 14.3 Å². The molecule has 0 fully saturated rings. The predicted octanol–water partition coefficient (Wildman–Crippen LogP) is 2.04. The van der Waals surface area contributed by atoms with Gasteiger partial charge < -0.3 is 14.6 Å². The lowest BCUT2D eigenvalue weighted by atomic mass is 9.94. The first-order valence-electron chi connectivity index (χ1n) is 5.29. The SMILES string of the molecule is O=C(O)C1C=CC2=C(C=C3OC=CC=C3C2)O1. The van der Waals surface area contributed by atoms with Crippen molar-refractivity contribution < 1.29 is 19.4 Å². The molecule has 86 valence electrons. The van der Waals surface area contributed by atoms with E-state index in [9.17, 15) is 4.79 Å². The molecule has 4 nitrogen and oxygen atoms in total. The van der Waals surface area contributed by atoms with Gasteiger partial charge in [-0.1, -0.05) is 12.2 Å². The highest BCUT2D eigenvalue weighted by Gasteiger charge is 2.27. The number of rotatable bonds is 1. The zero-order chi connectivity index (χ0) is 11.8. The zero-order valence-electron chi connectivity index (χ0n) is 8.92. The van der Waals surface area contributed by atoms with Crippen LogP contribution in [0.3, 0.4) is 0 Å². The molecule has 2 heterocycles. The molecular weight excluding hydrogens is 220 g/mol. The van der Waals surface area contributed by atoms with Gasteiger partial charge in [0, 0.05) is 12.5 Å². The predicted molar refractivity (Wildman–Crippen MR) is 59.7 cm³/mol. The van der Waals surface area contributed by atoms with Gasteiger partial charge in [-0.05, 0) is 23.3 Å². The normalized spacial score (nSPS) is 25.1.